The third-order valence-corrected chi connectivity index (χ3v) is 6.01. The van der Waals surface area contributed by atoms with E-state index < -0.39 is 10.0 Å². The molecule has 0 radical (unpaired) electrons. The average molecular weight is 352 g/mol. The van der Waals surface area contributed by atoms with E-state index in [1.807, 2.05) is 13.2 Å². The molecule has 0 aliphatic heterocycles. The Morgan fingerprint density at radius 1 is 1.33 bits per heavy atom. The SMILES string of the molecule is CCC(CSC)N(C)S(=O)(=O)c1ccc(Br)cc1. The van der Waals surface area contributed by atoms with Crippen LogP contribution in [0.15, 0.2) is 33.6 Å². The zero-order valence-electron chi connectivity index (χ0n) is 10.8. The second-order valence-electron chi connectivity index (χ2n) is 3.99. The monoisotopic (exact) mass is 351 g/mol. The topological polar surface area (TPSA) is 37.4 Å². The van der Waals surface area contributed by atoms with Crippen molar-refractivity contribution in [3.8, 4) is 0 Å². The van der Waals surface area contributed by atoms with Gasteiger partial charge in [-0.2, -0.15) is 16.1 Å². The standard InChI is InChI=1S/C12H18BrNO2S2/c1-4-11(9-17-3)14(2)18(15,16)12-7-5-10(13)6-8-12/h5-8,11H,4,9H2,1-3H3. The Bertz CT molecular complexity index is 473. The van der Waals surface area contributed by atoms with Crippen molar-refractivity contribution in [2.75, 3.05) is 19.1 Å². The first-order valence-electron chi connectivity index (χ1n) is 5.66. The largest absolute Gasteiger partial charge is 0.243 e. The summed E-state index contributed by atoms with van der Waals surface area (Å²) in [5.74, 6) is 0.808. The molecule has 1 aromatic carbocycles. The highest BCUT2D eigenvalue weighted by atomic mass is 79.9. The van der Waals surface area contributed by atoms with Crippen molar-refractivity contribution in [2.24, 2.45) is 0 Å². The molecule has 0 aliphatic rings. The van der Waals surface area contributed by atoms with Gasteiger partial charge in [-0.1, -0.05) is 22.9 Å². The van der Waals surface area contributed by atoms with Crippen LogP contribution in [0.3, 0.4) is 0 Å². The molecule has 0 amide bonds. The summed E-state index contributed by atoms with van der Waals surface area (Å²) in [6.07, 6.45) is 2.80. The molecule has 3 nitrogen and oxygen atoms in total. The number of sulfonamides is 1. The van der Waals surface area contributed by atoms with Gasteiger partial charge in [0.15, 0.2) is 0 Å². The summed E-state index contributed by atoms with van der Waals surface area (Å²) in [5, 5.41) is 0. The maximum Gasteiger partial charge on any atom is 0.243 e. The molecule has 1 unspecified atom stereocenters. The van der Waals surface area contributed by atoms with Crippen molar-refractivity contribution in [3.63, 3.8) is 0 Å². The molecule has 0 spiro atoms. The lowest BCUT2D eigenvalue weighted by molar-refractivity contribution is 0.385. The molecular formula is C12H18BrNO2S2. The molecule has 6 heteroatoms. The number of thioether (sulfide) groups is 1. The van der Waals surface area contributed by atoms with Gasteiger partial charge in [0.05, 0.1) is 4.90 Å². The first-order chi connectivity index (χ1) is 8.43. The van der Waals surface area contributed by atoms with Crippen LogP contribution in [0.1, 0.15) is 13.3 Å². The van der Waals surface area contributed by atoms with Crippen LogP contribution >= 0.6 is 27.7 Å². The zero-order valence-corrected chi connectivity index (χ0v) is 14.0. The number of halogens is 1. The minimum atomic E-state index is -3.39. The summed E-state index contributed by atoms with van der Waals surface area (Å²) in [6.45, 7) is 2.01. The van der Waals surface area contributed by atoms with Gasteiger partial charge in [0.1, 0.15) is 0 Å². The number of hydrogen-bond acceptors (Lipinski definition) is 3. The predicted octanol–water partition coefficient (Wildman–Crippen LogP) is 3.21. The molecule has 0 heterocycles. The predicted molar refractivity (Wildman–Crippen MR) is 81.6 cm³/mol. The Balaban J connectivity index is 3.01. The Kier molecular flexibility index (Phi) is 6.17. The molecule has 1 atom stereocenters. The maximum atomic E-state index is 12.4. The van der Waals surface area contributed by atoms with Gasteiger partial charge in [-0.3, -0.25) is 0 Å². The summed E-state index contributed by atoms with van der Waals surface area (Å²) in [7, 11) is -1.74. The molecule has 1 rings (SSSR count). The molecule has 1 aromatic rings. The van der Waals surface area contributed by atoms with Crippen LogP contribution in [0.2, 0.25) is 0 Å². The number of benzene rings is 1. The van der Waals surface area contributed by atoms with Gasteiger partial charge >= 0.3 is 0 Å². The van der Waals surface area contributed by atoms with Gasteiger partial charge in [-0.05, 0) is 36.9 Å². The van der Waals surface area contributed by atoms with Crippen molar-refractivity contribution in [1.82, 2.24) is 4.31 Å². The van der Waals surface area contributed by atoms with Crippen LogP contribution in [0, 0.1) is 0 Å². The average Bonchev–Trinajstić information content (AvgIpc) is 2.35. The van der Waals surface area contributed by atoms with E-state index in [0.717, 1.165) is 16.6 Å². The summed E-state index contributed by atoms with van der Waals surface area (Å²) < 4.78 is 27.2. The summed E-state index contributed by atoms with van der Waals surface area (Å²) >= 11 is 4.97. The van der Waals surface area contributed by atoms with Gasteiger partial charge in [0.25, 0.3) is 0 Å². The molecule has 18 heavy (non-hydrogen) atoms. The van der Waals surface area contributed by atoms with Crippen LogP contribution in [-0.2, 0) is 10.0 Å². The van der Waals surface area contributed by atoms with Gasteiger partial charge in [0, 0.05) is 23.3 Å². The summed E-state index contributed by atoms with van der Waals surface area (Å²) in [5.41, 5.74) is 0. The minimum absolute atomic E-state index is 0.0358. The van der Waals surface area contributed by atoms with E-state index in [9.17, 15) is 8.42 Å². The van der Waals surface area contributed by atoms with E-state index in [0.29, 0.717) is 4.90 Å². The quantitative estimate of drug-likeness (QED) is 0.789. The highest BCUT2D eigenvalue weighted by molar-refractivity contribution is 9.10. The Morgan fingerprint density at radius 2 is 1.89 bits per heavy atom. The number of nitrogens with zero attached hydrogens (tertiary/aromatic N) is 1. The van der Waals surface area contributed by atoms with E-state index in [1.165, 1.54) is 4.31 Å². The molecule has 0 N–H and O–H groups in total. The smallest absolute Gasteiger partial charge is 0.207 e. The van der Waals surface area contributed by atoms with Crippen LogP contribution in [0.5, 0.6) is 0 Å². The minimum Gasteiger partial charge on any atom is -0.207 e. The third-order valence-electron chi connectivity index (χ3n) is 2.84. The number of hydrogen-bond donors (Lipinski definition) is 0. The van der Waals surface area contributed by atoms with Crippen LogP contribution < -0.4 is 0 Å². The Hall–Kier alpha value is -0.0400. The fraction of sp³-hybridized carbons (Fsp3) is 0.500. The second kappa shape index (κ2) is 6.93. The molecule has 0 aromatic heterocycles. The molecule has 0 saturated carbocycles. The van der Waals surface area contributed by atoms with Gasteiger partial charge in [0.2, 0.25) is 10.0 Å². The first kappa shape index (κ1) is 16.0. The Morgan fingerprint density at radius 3 is 2.33 bits per heavy atom. The van der Waals surface area contributed by atoms with E-state index in [-0.39, 0.29) is 6.04 Å². The van der Waals surface area contributed by atoms with Crippen molar-refractivity contribution in [2.45, 2.75) is 24.3 Å². The second-order valence-corrected chi connectivity index (χ2v) is 7.82. The lowest BCUT2D eigenvalue weighted by Crippen LogP contribution is -2.38. The van der Waals surface area contributed by atoms with E-state index in [2.05, 4.69) is 15.9 Å². The molecule has 0 bridgehead atoms. The van der Waals surface area contributed by atoms with Crippen LogP contribution in [-0.4, -0.2) is 37.8 Å². The lowest BCUT2D eigenvalue weighted by atomic mass is 10.3. The summed E-state index contributed by atoms with van der Waals surface area (Å²) in [4.78, 5) is 0.341. The van der Waals surface area contributed by atoms with Crippen molar-refractivity contribution >= 4 is 37.7 Å². The van der Waals surface area contributed by atoms with Crippen molar-refractivity contribution in [3.05, 3.63) is 28.7 Å². The molecule has 0 fully saturated rings. The fourth-order valence-electron chi connectivity index (χ4n) is 1.64. The first-order valence-corrected chi connectivity index (χ1v) is 9.28. The normalized spacial score (nSPS) is 13.8. The van der Waals surface area contributed by atoms with Gasteiger partial charge in [-0.15, -0.1) is 0 Å². The maximum absolute atomic E-state index is 12.4. The number of rotatable bonds is 6. The van der Waals surface area contributed by atoms with E-state index in [4.69, 9.17) is 0 Å². The Labute approximate surface area is 122 Å². The van der Waals surface area contributed by atoms with Crippen LogP contribution in [0.4, 0.5) is 0 Å². The molecule has 102 valence electrons. The highest BCUT2D eigenvalue weighted by Gasteiger charge is 2.26. The molecule has 0 aliphatic carbocycles. The van der Waals surface area contributed by atoms with E-state index in [1.54, 1.807) is 43.1 Å². The van der Waals surface area contributed by atoms with Crippen LogP contribution in [0.25, 0.3) is 0 Å². The van der Waals surface area contributed by atoms with Gasteiger partial charge < -0.3 is 0 Å². The molecular weight excluding hydrogens is 334 g/mol. The lowest BCUT2D eigenvalue weighted by Gasteiger charge is -2.26. The fourth-order valence-corrected chi connectivity index (χ4v) is 4.27. The highest BCUT2D eigenvalue weighted by Crippen LogP contribution is 2.21. The van der Waals surface area contributed by atoms with Crippen molar-refractivity contribution in [1.29, 1.82) is 0 Å². The van der Waals surface area contributed by atoms with Gasteiger partial charge in [-0.25, -0.2) is 8.42 Å². The molecule has 0 saturated heterocycles. The van der Waals surface area contributed by atoms with E-state index >= 15 is 0 Å². The summed E-state index contributed by atoms with van der Waals surface area (Å²) in [6, 6.07) is 6.78. The zero-order chi connectivity index (χ0) is 13.8. The van der Waals surface area contributed by atoms with Crippen molar-refractivity contribution < 1.29 is 8.42 Å². The third kappa shape index (κ3) is 3.73.